The van der Waals surface area contributed by atoms with Gasteiger partial charge in [-0.1, -0.05) is 60.7 Å². The summed E-state index contributed by atoms with van der Waals surface area (Å²) in [6.07, 6.45) is 0.273. The first-order chi connectivity index (χ1) is 11.6. The first-order valence-electron chi connectivity index (χ1n) is 7.44. The molecular weight excluding hydrogens is 308 g/mol. The molecule has 6 nitrogen and oxygen atoms in total. The molecule has 1 unspecified atom stereocenters. The maximum absolute atomic E-state index is 12.1. The van der Waals surface area contributed by atoms with E-state index in [0.29, 0.717) is 5.56 Å². The summed E-state index contributed by atoms with van der Waals surface area (Å²) in [6, 6.07) is 16.8. The number of benzene rings is 2. The van der Waals surface area contributed by atoms with E-state index in [1.54, 1.807) is 30.3 Å². The second-order valence-electron chi connectivity index (χ2n) is 5.43. The molecule has 1 fully saturated rings. The summed E-state index contributed by atoms with van der Waals surface area (Å²) >= 11 is 0. The molecule has 0 bridgehead atoms. The van der Waals surface area contributed by atoms with Crippen molar-refractivity contribution in [3.63, 3.8) is 0 Å². The number of hydrogen-bond donors (Lipinski definition) is 3. The lowest BCUT2D eigenvalue weighted by Crippen LogP contribution is -2.56. The summed E-state index contributed by atoms with van der Waals surface area (Å²) in [5.74, 6) is -2.05. The molecule has 1 aliphatic rings. The van der Waals surface area contributed by atoms with E-state index in [4.69, 9.17) is 0 Å². The van der Waals surface area contributed by atoms with Crippen LogP contribution in [0, 0.1) is 0 Å². The van der Waals surface area contributed by atoms with Gasteiger partial charge in [-0.05, 0) is 5.56 Å². The number of nitrogens with zero attached hydrogens (tertiary/aromatic N) is 1. The smallest absolute Gasteiger partial charge is 0.304 e. The van der Waals surface area contributed by atoms with Crippen molar-refractivity contribution >= 4 is 17.6 Å². The van der Waals surface area contributed by atoms with Gasteiger partial charge in [0.15, 0.2) is 5.76 Å². The Kier molecular flexibility index (Phi) is 4.31. The molecule has 2 amide bonds. The molecule has 1 atom stereocenters. The van der Waals surface area contributed by atoms with Gasteiger partial charge < -0.3 is 10.4 Å². The fourth-order valence-electron chi connectivity index (χ4n) is 2.55. The Morgan fingerprint density at radius 1 is 1.00 bits per heavy atom. The third-order valence-electron chi connectivity index (χ3n) is 3.80. The maximum Gasteiger partial charge on any atom is 0.304 e. The molecule has 6 heteroatoms. The third-order valence-corrected chi connectivity index (χ3v) is 3.80. The number of rotatable bonds is 3. The molecule has 1 aliphatic heterocycles. The molecule has 0 aromatic heterocycles. The average Bonchev–Trinajstić information content (AvgIpc) is 2.63. The fraction of sp³-hybridized carbons (Fsp3) is 0.111. The van der Waals surface area contributed by atoms with Crippen LogP contribution in [0.1, 0.15) is 11.1 Å². The molecule has 122 valence electrons. The van der Waals surface area contributed by atoms with Crippen molar-refractivity contribution in [2.45, 2.75) is 12.5 Å². The number of nitrogens with one attached hydrogen (secondary N) is 1. The largest absolute Gasteiger partial charge is 0.505 e. The number of piperazine rings is 1. The van der Waals surface area contributed by atoms with Crippen LogP contribution in [0.2, 0.25) is 0 Å². The van der Waals surface area contributed by atoms with Gasteiger partial charge in [-0.25, -0.2) is 0 Å². The van der Waals surface area contributed by atoms with Gasteiger partial charge in [-0.3, -0.25) is 14.8 Å². The second kappa shape index (κ2) is 6.55. The van der Waals surface area contributed by atoms with Crippen LogP contribution < -0.4 is 5.32 Å². The van der Waals surface area contributed by atoms with Crippen molar-refractivity contribution in [3.05, 3.63) is 77.5 Å². The number of imide groups is 1. The zero-order chi connectivity index (χ0) is 17.1. The number of hydrogen-bond acceptors (Lipinski definition) is 5. The lowest BCUT2D eigenvalue weighted by molar-refractivity contribution is -0.181. The predicted octanol–water partition coefficient (Wildman–Crippen LogP) is 1.87. The van der Waals surface area contributed by atoms with Crippen LogP contribution >= 0.6 is 0 Å². The van der Waals surface area contributed by atoms with E-state index >= 15 is 0 Å². The van der Waals surface area contributed by atoms with Gasteiger partial charge >= 0.3 is 5.91 Å². The molecule has 0 spiro atoms. The highest BCUT2D eigenvalue weighted by molar-refractivity contribution is 6.10. The molecule has 1 heterocycles. The highest BCUT2D eigenvalue weighted by Gasteiger charge is 2.38. The quantitative estimate of drug-likeness (QED) is 0.347. The Labute approximate surface area is 138 Å². The van der Waals surface area contributed by atoms with Gasteiger partial charge in [0.25, 0.3) is 5.91 Å². The number of carbonyl (C=O) groups excluding carboxylic acids is 2. The van der Waals surface area contributed by atoms with Gasteiger partial charge in [-0.15, -0.1) is 5.06 Å². The summed E-state index contributed by atoms with van der Waals surface area (Å²) in [5, 5.41) is 23.0. The lowest BCUT2D eigenvalue weighted by Gasteiger charge is -2.30. The van der Waals surface area contributed by atoms with Gasteiger partial charge in [0, 0.05) is 12.0 Å². The fourth-order valence-corrected chi connectivity index (χ4v) is 2.55. The third kappa shape index (κ3) is 3.00. The van der Waals surface area contributed by atoms with Crippen molar-refractivity contribution in [2.75, 3.05) is 0 Å². The predicted molar refractivity (Wildman–Crippen MR) is 86.7 cm³/mol. The Morgan fingerprint density at radius 3 is 2.21 bits per heavy atom. The molecule has 0 radical (unpaired) electrons. The molecule has 0 saturated carbocycles. The minimum atomic E-state index is -0.981. The second-order valence-corrected chi connectivity index (χ2v) is 5.43. The highest BCUT2D eigenvalue weighted by atomic mass is 16.5. The number of aliphatic hydroxyl groups is 1. The normalized spacial score (nSPS) is 19.9. The summed E-state index contributed by atoms with van der Waals surface area (Å²) in [7, 11) is 0. The van der Waals surface area contributed by atoms with E-state index in [-0.39, 0.29) is 22.9 Å². The minimum absolute atomic E-state index is 0.0542. The molecule has 24 heavy (non-hydrogen) atoms. The Bertz CT molecular complexity index is 787. The lowest BCUT2D eigenvalue weighted by atomic mass is 10.0. The van der Waals surface area contributed by atoms with Crippen molar-refractivity contribution in [1.82, 2.24) is 10.4 Å². The van der Waals surface area contributed by atoms with Gasteiger partial charge in [-0.2, -0.15) is 0 Å². The molecule has 3 rings (SSSR count). The van der Waals surface area contributed by atoms with Crippen molar-refractivity contribution in [2.24, 2.45) is 0 Å². The minimum Gasteiger partial charge on any atom is -0.505 e. The number of aliphatic hydroxyl groups excluding tert-OH is 1. The van der Waals surface area contributed by atoms with E-state index in [2.05, 4.69) is 5.32 Å². The Hall–Kier alpha value is -3.12. The van der Waals surface area contributed by atoms with Crippen molar-refractivity contribution in [1.29, 1.82) is 0 Å². The van der Waals surface area contributed by atoms with Gasteiger partial charge in [0.05, 0.1) is 0 Å². The van der Waals surface area contributed by atoms with E-state index in [0.717, 1.165) is 5.56 Å². The van der Waals surface area contributed by atoms with E-state index in [1.807, 2.05) is 30.3 Å². The highest BCUT2D eigenvalue weighted by Crippen LogP contribution is 2.20. The SMILES string of the molecule is O=C1/C(=C(\O)c2ccccc2)NC(Cc2ccccc2)C(=O)N1O. The standard InChI is InChI=1S/C18H16N2O4/c21-16(13-9-5-2-6-10-13)15-18(23)20(24)17(22)14(19-15)11-12-7-3-1-4-8-12/h1-10,14,19,21,24H,11H2/b16-15+. The monoisotopic (exact) mass is 324 g/mol. The molecule has 2 aromatic carbocycles. The molecular formula is C18H16N2O4. The van der Waals surface area contributed by atoms with E-state index < -0.39 is 17.9 Å². The molecule has 3 N–H and O–H groups in total. The van der Waals surface area contributed by atoms with Gasteiger partial charge in [0.2, 0.25) is 0 Å². The zero-order valence-electron chi connectivity index (χ0n) is 12.7. The average molecular weight is 324 g/mol. The van der Waals surface area contributed by atoms with Crippen LogP contribution in [-0.4, -0.2) is 33.2 Å². The summed E-state index contributed by atoms with van der Waals surface area (Å²) in [5.41, 5.74) is 1.07. The van der Waals surface area contributed by atoms with Crippen molar-refractivity contribution in [3.8, 4) is 0 Å². The number of carbonyl (C=O) groups is 2. The maximum atomic E-state index is 12.1. The van der Waals surface area contributed by atoms with Crippen LogP contribution in [0.4, 0.5) is 0 Å². The molecule has 0 aliphatic carbocycles. The summed E-state index contributed by atoms with van der Waals surface area (Å²) in [6.45, 7) is 0. The molecule has 2 aromatic rings. The Balaban J connectivity index is 1.93. The van der Waals surface area contributed by atoms with Gasteiger partial charge in [0.1, 0.15) is 11.7 Å². The number of hydroxylamine groups is 2. The first kappa shape index (κ1) is 15.8. The molecule has 1 saturated heterocycles. The van der Waals surface area contributed by atoms with E-state index in [1.165, 1.54) is 0 Å². The van der Waals surface area contributed by atoms with Crippen LogP contribution in [-0.2, 0) is 16.0 Å². The van der Waals surface area contributed by atoms with Crippen LogP contribution in [0.5, 0.6) is 0 Å². The zero-order valence-corrected chi connectivity index (χ0v) is 12.7. The van der Waals surface area contributed by atoms with Crippen LogP contribution in [0.15, 0.2) is 66.4 Å². The Morgan fingerprint density at radius 2 is 1.58 bits per heavy atom. The first-order valence-corrected chi connectivity index (χ1v) is 7.44. The topological polar surface area (TPSA) is 89.9 Å². The summed E-state index contributed by atoms with van der Waals surface area (Å²) in [4.78, 5) is 24.3. The van der Waals surface area contributed by atoms with Crippen molar-refractivity contribution < 1.29 is 19.9 Å². The summed E-state index contributed by atoms with van der Waals surface area (Å²) < 4.78 is 0. The van der Waals surface area contributed by atoms with Crippen LogP contribution in [0.25, 0.3) is 5.76 Å². The van der Waals surface area contributed by atoms with E-state index in [9.17, 15) is 19.9 Å². The van der Waals surface area contributed by atoms with Crippen LogP contribution in [0.3, 0.4) is 0 Å². The number of amides is 2.